The zero-order valence-corrected chi connectivity index (χ0v) is 15.8. The molecule has 25 heavy (non-hydrogen) atoms. The Hall–Kier alpha value is -1.08. The van der Waals surface area contributed by atoms with Gasteiger partial charge in [0.1, 0.15) is 5.82 Å². The Bertz CT molecular complexity index is 591. The van der Waals surface area contributed by atoms with Crippen molar-refractivity contribution >= 4 is 36.4 Å². The number of benzene rings is 1. The lowest BCUT2D eigenvalue weighted by molar-refractivity contribution is -0.123. The molecule has 3 unspecified atom stereocenters. The van der Waals surface area contributed by atoms with Crippen LogP contribution in [0.25, 0.3) is 0 Å². The summed E-state index contributed by atoms with van der Waals surface area (Å²) in [6.07, 6.45) is 1.97. The summed E-state index contributed by atoms with van der Waals surface area (Å²) in [5.74, 6) is -0.261. The molecule has 8 heteroatoms. The highest BCUT2D eigenvalue weighted by atomic mass is 35.5. The number of rotatable bonds is 3. The number of carbonyl (C=O) groups is 1. The Morgan fingerprint density at radius 2 is 2.16 bits per heavy atom. The molecular formula is C17H26Cl2FN3O2. The van der Waals surface area contributed by atoms with E-state index in [4.69, 9.17) is 0 Å². The SMILES string of the molecule is Cc1cc(F)ccc1N1CCCC(NC(=O)C2CC(O)CN2)C1.Cl.Cl. The van der Waals surface area contributed by atoms with Crippen LogP contribution in [0.5, 0.6) is 0 Å². The Morgan fingerprint density at radius 3 is 2.80 bits per heavy atom. The molecule has 2 aliphatic rings. The second kappa shape index (κ2) is 9.57. The van der Waals surface area contributed by atoms with Gasteiger partial charge in [-0.05, 0) is 49.9 Å². The molecule has 3 N–H and O–H groups in total. The first kappa shape index (κ1) is 22.0. The van der Waals surface area contributed by atoms with Crippen molar-refractivity contribution in [3.63, 3.8) is 0 Å². The Balaban J connectivity index is 0.00000156. The number of anilines is 1. The molecule has 0 aromatic heterocycles. The highest BCUT2D eigenvalue weighted by molar-refractivity contribution is 5.85. The quantitative estimate of drug-likeness (QED) is 0.732. The van der Waals surface area contributed by atoms with Crippen LogP contribution >= 0.6 is 24.8 Å². The first-order valence-electron chi connectivity index (χ1n) is 8.26. The molecule has 5 nitrogen and oxygen atoms in total. The highest BCUT2D eigenvalue weighted by Crippen LogP contribution is 2.24. The Kier molecular flexibility index (Phi) is 8.41. The number of β-amino-alcohol motifs (C(OH)–C–C–N with tert-alkyl or cyclic N) is 1. The highest BCUT2D eigenvalue weighted by Gasteiger charge is 2.30. The molecule has 142 valence electrons. The lowest BCUT2D eigenvalue weighted by Gasteiger charge is -2.36. The number of amides is 1. The van der Waals surface area contributed by atoms with E-state index in [1.165, 1.54) is 6.07 Å². The van der Waals surface area contributed by atoms with Crippen LogP contribution in [0, 0.1) is 12.7 Å². The standard InChI is InChI=1S/C17H24FN3O2.2ClH/c1-11-7-12(18)4-5-16(11)21-6-2-3-13(10-21)20-17(23)15-8-14(22)9-19-15;;/h4-5,7,13-15,19,22H,2-3,6,8-10H2,1H3,(H,20,23);2*1H. The number of hydrogen-bond donors (Lipinski definition) is 3. The van der Waals surface area contributed by atoms with Gasteiger partial charge >= 0.3 is 0 Å². The van der Waals surface area contributed by atoms with Crippen LogP contribution in [0.2, 0.25) is 0 Å². The number of aryl methyl sites for hydroxylation is 1. The molecule has 3 atom stereocenters. The van der Waals surface area contributed by atoms with Crippen LogP contribution in [-0.4, -0.2) is 48.8 Å². The molecular weight excluding hydrogens is 368 g/mol. The van der Waals surface area contributed by atoms with Crippen molar-refractivity contribution in [3.05, 3.63) is 29.6 Å². The van der Waals surface area contributed by atoms with E-state index in [1.54, 1.807) is 6.07 Å². The van der Waals surface area contributed by atoms with Gasteiger partial charge in [-0.15, -0.1) is 24.8 Å². The number of halogens is 3. The monoisotopic (exact) mass is 393 g/mol. The van der Waals surface area contributed by atoms with E-state index in [-0.39, 0.29) is 48.6 Å². The maximum Gasteiger partial charge on any atom is 0.237 e. The third kappa shape index (κ3) is 5.45. The molecule has 3 rings (SSSR count). The summed E-state index contributed by atoms with van der Waals surface area (Å²) < 4.78 is 13.3. The average molecular weight is 394 g/mol. The van der Waals surface area contributed by atoms with E-state index in [1.807, 2.05) is 13.0 Å². The van der Waals surface area contributed by atoms with Gasteiger partial charge in [-0.3, -0.25) is 4.79 Å². The topological polar surface area (TPSA) is 64.6 Å². The van der Waals surface area contributed by atoms with Gasteiger partial charge in [0.2, 0.25) is 5.91 Å². The van der Waals surface area contributed by atoms with Crippen molar-refractivity contribution in [2.24, 2.45) is 0 Å². The molecule has 2 fully saturated rings. The lowest BCUT2D eigenvalue weighted by atomic mass is 10.0. The molecule has 0 saturated carbocycles. The van der Waals surface area contributed by atoms with Crippen molar-refractivity contribution in [1.29, 1.82) is 0 Å². The fraction of sp³-hybridized carbons (Fsp3) is 0.588. The molecule has 0 radical (unpaired) electrons. The summed E-state index contributed by atoms with van der Waals surface area (Å²) in [5.41, 5.74) is 1.94. The predicted octanol–water partition coefficient (Wildman–Crippen LogP) is 1.79. The van der Waals surface area contributed by atoms with Crippen molar-refractivity contribution in [3.8, 4) is 0 Å². The fourth-order valence-corrected chi connectivity index (χ4v) is 3.51. The van der Waals surface area contributed by atoms with Gasteiger partial charge in [0.15, 0.2) is 0 Å². The summed E-state index contributed by atoms with van der Waals surface area (Å²) in [7, 11) is 0. The minimum absolute atomic E-state index is 0. The third-order valence-electron chi connectivity index (χ3n) is 4.69. The first-order valence-corrected chi connectivity index (χ1v) is 8.26. The van der Waals surface area contributed by atoms with Gasteiger partial charge in [0, 0.05) is 31.4 Å². The third-order valence-corrected chi connectivity index (χ3v) is 4.69. The average Bonchev–Trinajstić information content (AvgIpc) is 2.94. The summed E-state index contributed by atoms with van der Waals surface area (Å²) >= 11 is 0. The van der Waals surface area contributed by atoms with Crippen LogP contribution in [0.1, 0.15) is 24.8 Å². The molecule has 0 spiro atoms. The molecule has 1 aromatic rings. The number of piperidine rings is 1. The van der Waals surface area contributed by atoms with E-state index in [2.05, 4.69) is 15.5 Å². The van der Waals surface area contributed by atoms with Crippen LogP contribution < -0.4 is 15.5 Å². The van der Waals surface area contributed by atoms with Gasteiger partial charge in [0.05, 0.1) is 12.1 Å². The van der Waals surface area contributed by atoms with E-state index >= 15 is 0 Å². The molecule has 2 heterocycles. The van der Waals surface area contributed by atoms with E-state index < -0.39 is 6.10 Å². The van der Waals surface area contributed by atoms with Crippen molar-refractivity contribution in [2.75, 3.05) is 24.5 Å². The van der Waals surface area contributed by atoms with Crippen molar-refractivity contribution in [1.82, 2.24) is 10.6 Å². The summed E-state index contributed by atoms with van der Waals surface area (Å²) in [6, 6.07) is 4.62. The van der Waals surface area contributed by atoms with Gasteiger partial charge in [-0.25, -0.2) is 4.39 Å². The minimum Gasteiger partial charge on any atom is -0.392 e. The van der Waals surface area contributed by atoms with E-state index in [0.29, 0.717) is 13.0 Å². The van der Waals surface area contributed by atoms with Gasteiger partial charge < -0.3 is 20.6 Å². The van der Waals surface area contributed by atoms with E-state index in [0.717, 1.165) is 37.2 Å². The van der Waals surface area contributed by atoms with Crippen LogP contribution in [-0.2, 0) is 4.79 Å². The Morgan fingerprint density at radius 1 is 1.40 bits per heavy atom. The molecule has 2 aliphatic heterocycles. The van der Waals surface area contributed by atoms with Gasteiger partial charge in [-0.2, -0.15) is 0 Å². The zero-order valence-electron chi connectivity index (χ0n) is 14.2. The fourth-order valence-electron chi connectivity index (χ4n) is 3.51. The molecule has 1 amide bonds. The molecule has 0 bridgehead atoms. The second-order valence-corrected chi connectivity index (χ2v) is 6.57. The maximum atomic E-state index is 13.3. The summed E-state index contributed by atoms with van der Waals surface area (Å²) in [4.78, 5) is 14.5. The van der Waals surface area contributed by atoms with Crippen molar-refractivity contribution in [2.45, 2.75) is 44.4 Å². The smallest absolute Gasteiger partial charge is 0.237 e. The number of aliphatic hydroxyl groups excluding tert-OH is 1. The largest absolute Gasteiger partial charge is 0.392 e. The number of nitrogens with zero attached hydrogens (tertiary/aromatic N) is 1. The second-order valence-electron chi connectivity index (χ2n) is 6.57. The number of aliphatic hydroxyl groups is 1. The Labute approximate surface area is 160 Å². The molecule has 2 saturated heterocycles. The number of hydrogen-bond acceptors (Lipinski definition) is 4. The maximum absolute atomic E-state index is 13.3. The van der Waals surface area contributed by atoms with Crippen LogP contribution in [0.15, 0.2) is 18.2 Å². The summed E-state index contributed by atoms with van der Waals surface area (Å²) in [6.45, 7) is 4.03. The summed E-state index contributed by atoms with van der Waals surface area (Å²) in [5, 5.41) is 15.6. The molecule has 0 aliphatic carbocycles. The van der Waals surface area contributed by atoms with E-state index in [9.17, 15) is 14.3 Å². The number of nitrogens with one attached hydrogen (secondary N) is 2. The first-order chi connectivity index (χ1) is 11.0. The minimum atomic E-state index is -0.435. The van der Waals surface area contributed by atoms with Crippen LogP contribution in [0.3, 0.4) is 0 Å². The zero-order chi connectivity index (χ0) is 16.4. The van der Waals surface area contributed by atoms with Crippen LogP contribution in [0.4, 0.5) is 10.1 Å². The van der Waals surface area contributed by atoms with Crippen molar-refractivity contribution < 1.29 is 14.3 Å². The lowest BCUT2D eigenvalue weighted by Crippen LogP contribution is -2.52. The normalized spacial score (nSPS) is 25.7. The number of carbonyl (C=O) groups excluding carboxylic acids is 1. The molecule has 1 aromatic carbocycles. The van der Waals surface area contributed by atoms with Gasteiger partial charge in [-0.1, -0.05) is 0 Å². The predicted molar refractivity (Wildman–Crippen MR) is 101 cm³/mol. The van der Waals surface area contributed by atoms with Gasteiger partial charge in [0.25, 0.3) is 0 Å².